The number of aromatic amines is 1. The van der Waals surface area contributed by atoms with Crippen molar-refractivity contribution in [3.05, 3.63) is 39.8 Å². The summed E-state index contributed by atoms with van der Waals surface area (Å²) in [6.45, 7) is 1.22. The van der Waals surface area contributed by atoms with E-state index in [2.05, 4.69) is 15.4 Å². The molecule has 0 saturated heterocycles. The highest BCUT2D eigenvalue weighted by Gasteiger charge is 2.27. The van der Waals surface area contributed by atoms with Crippen molar-refractivity contribution in [3.63, 3.8) is 0 Å². The second-order valence-corrected chi connectivity index (χ2v) is 5.77. The van der Waals surface area contributed by atoms with Gasteiger partial charge in [0.05, 0.1) is 31.1 Å². The number of H-pyrrole nitrogens is 1. The molecule has 2 heterocycles. The van der Waals surface area contributed by atoms with Crippen LogP contribution >= 0.6 is 0 Å². The van der Waals surface area contributed by atoms with E-state index in [9.17, 15) is 9.59 Å². The molecule has 8 nitrogen and oxygen atoms in total. The summed E-state index contributed by atoms with van der Waals surface area (Å²) in [6.07, 6.45) is 6.20. The van der Waals surface area contributed by atoms with Crippen LogP contribution in [0.2, 0.25) is 0 Å². The number of fused-ring (bicyclic) bond motifs is 1. The largest absolute Gasteiger partial charge is 0.383 e. The lowest BCUT2D eigenvalue weighted by atomic mass is 9.93. The molecule has 3 rings (SSSR count). The van der Waals surface area contributed by atoms with E-state index in [1.807, 2.05) is 10.9 Å². The van der Waals surface area contributed by atoms with Gasteiger partial charge in [0.15, 0.2) is 0 Å². The van der Waals surface area contributed by atoms with Crippen LogP contribution in [0.25, 0.3) is 0 Å². The number of hydrogen-bond acceptors (Lipinski definition) is 4. The number of nitrogens with one attached hydrogen (secondary N) is 2. The van der Waals surface area contributed by atoms with Gasteiger partial charge in [-0.1, -0.05) is 0 Å². The quantitative estimate of drug-likeness (QED) is 0.832. The summed E-state index contributed by atoms with van der Waals surface area (Å²) in [5.41, 5.74) is 2.18. The van der Waals surface area contributed by atoms with E-state index in [-0.39, 0.29) is 23.3 Å². The van der Waals surface area contributed by atoms with Crippen molar-refractivity contribution in [3.8, 4) is 0 Å². The molecule has 1 amide bonds. The van der Waals surface area contributed by atoms with E-state index in [1.165, 1.54) is 16.3 Å². The minimum Gasteiger partial charge on any atom is -0.383 e. The van der Waals surface area contributed by atoms with Gasteiger partial charge in [0.2, 0.25) is 0 Å². The van der Waals surface area contributed by atoms with Crippen LogP contribution in [0.1, 0.15) is 40.6 Å². The third-order valence-corrected chi connectivity index (χ3v) is 4.17. The maximum Gasteiger partial charge on any atom is 0.325 e. The molecular formula is C15H21N5O3. The van der Waals surface area contributed by atoms with Gasteiger partial charge in [0.1, 0.15) is 5.69 Å². The molecular weight excluding hydrogens is 298 g/mol. The number of aryl methyl sites for hydroxylation is 2. The summed E-state index contributed by atoms with van der Waals surface area (Å²) in [4.78, 5) is 26.4. The molecule has 2 N–H and O–H groups in total. The number of imidazole rings is 1. The average molecular weight is 319 g/mol. The summed E-state index contributed by atoms with van der Waals surface area (Å²) < 4.78 is 8.37. The molecule has 0 fully saturated rings. The zero-order valence-corrected chi connectivity index (χ0v) is 13.3. The summed E-state index contributed by atoms with van der Waals surface area (Å²) in [5.74, 6) is -0.278. The maximum atomic E-state index is 12.4. The Labute approximate surface area is 133 Å². The lowest BCUT2D eigenvalue weighted by Gasteiger charge is -2.25. The van der Waals surface area contributed by atoms with Crippen molar-refractivity contribution < 1.29 is 9.53 Å². The number of carbonyl (C=O) groups excluding carboxylic acids is 1. The molecule has 2 aromatic rings. The highest BCUT2D eigenvalue weighted by molar-refractivity contribution is 5.92. The Kier molecular flexibility index (Phi) is 4.33. The van der Waals surface area contributed by atoms with Gasteiger partial charge in [-0.25, -0.2) is 4.79 Å². The summed E-state index contributed by atoms with van der Waals surface area (Å²) in [7, 11) is 3.26. The fourth-order valence-electron chi connectivity index (χ4n) is 3.00. The zero-order valence-electron chi connectivity index (χ0n) is 13.3. The molecule has 23 heavy (non-hydrogen) atoms. The van der Waals surface area contributed by atoms with Gasteiger partial charge < -0.3 is 19.6 Å². The highest BCUT2D eigenvalue weighted by atomic mass is 16.5. The Morgan fingerprint density at radius 2 is 2.39 bits per heavy atom. The van der Waals surface area contributed by atoms with Crippen LogP contribution in [0.5, 0.6) is 0 Å². The van der Waals surface area contributed by atoms with Crippen molar-refractivity contribution in [1.82, 2.24) is 24.6 Å². The Morgan fingerprint density at radius 3 is 3.09 bits per heavy atom. The fraction of sp³-hybridized carbons (Fsp3) is 0.533. The Balaban J connectivity index is 1.81. The average Bonchev–Trinajstić information content (AvgIpc) is 3.10. The normalized spacial score (nSPS) is 17.0. The molecule has 1 aliphatic rings. The molecule has 0 spiro atoms. The third kappa shape index (κ3) is 3.07. The first-order valence-electron chi connectivity index (χ1n) is 7.70. The van der Waals surface area contributed by atoms with E-state index >= 15 is 0 Å². The molecule has 1 aliphatic carbocycles. The van der Waals surface area contributed by atoms with Gasteiger partial charge in [-0.3, -0.25) is 9.48 Å². The van der Waals surface area contributed by atoms with Crippen LogP contribution in [0.3, 0.4) is 0 Å². The molecule has 2 aromatic heterocycles. The van der Waals surface area contributed by atoms with Gasteiger partial charge in [-0.15, -0.1) is 0 Å². The minimum atomic E-state index is -0.301. The van der Waals surface area contributed by atoms with E-state index in [0.29, 0.717) is 13.2 Å². The van der Waals surface area contributed by atoms with E-state index in [0.717, 1.165) is 25.0 Å². The van der Waals surface area contributed by atoms with Crippen LogP contribution in [0.4, 0.5) is 0 Å². The number of ether oxygens (including phenoxy) is 1. The summed E-state index contributed by atoms with van der Waals surface area (Å²) >= 11 is 0. The van der Waals surface area contributed by atoms with E-state index < -0.39 is 0 Å². The van der Waals surface area contributed by atoms with Crippen LogP contribution in [0.15, 0.2) is 17.2 Å². The Hall–Kier alpha value is -2.35. The van der Waals surface area contributed by atoms with Gasteiger partial charge in [-0.2, -0.15) is 5.10 Å². The minimum absolute atomic E-state index is 0.102. The number of hydrogen-bond donors (Lipinski definition) is 2. The van der Waals surface area contributed by atoms with Crippen LogP contribution < -0.4 is 11.0 Å². The third-order valence-electron chi connectivity index (χ3n) is 4.17. The SMILES string of the molecule is COCCn1ncc2c1C(NC(=O)c1cn(C)c(=O)[nH]1)CCC2. The molecule has 0 saturated carbocycles. The lowest BCUT2D eigenvalue weighted by molar-refractivity contribution is 0.0925. The molecule has 0 aliphatic heterocycles. The zero-order chi connectivity index (χ0) is 16.4. The second-order valence-electron chi connectivity index (χ2n) is 5.77. The standard InChI is InChI=1S/C15H21N5O3/c1-19-9-12(18-15(19)22)14(21)17-11-5-3-4-10-8-16-20(13(10)11)6-7-23-2/h8-9,11H,3-7H2,1-2H3,(H,17,21)(H,18,22). The number of nitrogens with zero attached hydrogens (tertiary/aromatic N) is 3. The smallest absolute Gasteiger partial charge is 0.325 e. The predicted octanol–water partition coefficient (Wildman–Crippen LogP) is 0.364. The number of methoxy groups -OCH3 is 1. The molecule has 0 radical (unpaired) electrons. The molecule has 1 unspecified atom stereocenters. The summed E-state index contributed by atoms with van der Waals surface area (Å²) in [5, 5.41) is 7.42. The van der Waals surface area contributed by atoms with Crippen molar-refractivity contribution in [1.29, 1.82) is 0 Å². The first-order chi connectivity index (χ1) is 11.1. The fourth-order valence-corrected chi connectivity index (χ4v) is 3.00. The van der Waals surface area contributed by atoms with E-state index in [1.54, 1.807) is 14.2 Å². The van der Waals surface area contributed by atoms with Crippen molar-refractivity contribution in [2.45, 2.75) is 31.8 Å². The number of amides is 1. The highest BCUT2D eigenvalue weighted by Crippen LogP contribution is 2.29. The predicted molar refractivity (Wildman–Crippen MR) is 83.3 cm³/mol. The van der Waals surface area contributed by atoms with Crippen LogP contribution in [-0.2, 0) is 24.8 Å². The number of carbonyl (C=O) groups is 1. The topological polar surface area (TPSA) is 93.9 Å². The van der Waals surface area contributed by atoms with Crippen molar-refractivity contribution in [2.24, 2.45) is 7.05 Å². The van der Waals surface area contributed by atoms with Crippen molar-refractivity contribution in [2.75, 3.05) is 13.7 Å². The number of rotatable bonds is 5. The first kappa shape index (κ1) is 15.5. The lowest BCUT2D eigenvalue weighted by Crippen LogP contribution is -2.33. The van der Waals surface area contributed by atoms with Crippen LogP contribution in [-0.4, -0.2) is 39.0 Å². The Bertz CT molecular complexity index is 757. The second kappa shape index (κ2) is 6.41. The molecule has 8 heteroatoms. The monoisotopic (exact) mass is 319 g/mol. The Morgan fingerprint density at radius 1 is 1.57 bits per heavy atom. The number of aromatic nitrogens is 4. The molecule has 0 bridgehead atoms. The molecule has 0 aromatic carbocycles. The van der Waals surface area contributed by atoms with Gasteiger partial charge >= 0.3 is 5.69 Å². The van der Waals surface area contributed by atoms with Crippen LogP contribution in [0, 0.1) is 0 Å². The van der Waals surface area contributed by atoms with Crippen molar-refractivity contribution >= 4 is 5.91 Å². The maximum absolute atomic E-state index is 12.4. The molecule has 124 valence electrons. The van der Waals surface area contributed by atoms with E-state index in [4.69, 9.17) is 4.74 Å². The van der Waals surface area contributed by atoms with Gasteiger partial charge in [0.25, 0.3) is 5.91 Å². The van der Waals surface area contributed by atoms with Gasteiger partial charge in [0, 0.05) is 20.4 Å². The molecule has 1 atom stereocenters. The summed E-state index contributed by atoms with van der Waals surface area (Å²) in [6, 6.07) is -0.102. The van der Waals surface area contributed by atoms with Gasteiger partial charge in [-0.05, 0) is 24.8 Å². The first-order valence-corrected chi connectivity index (χ1v) is 7.70.